The van der Waals surface area contributed by atoms with Crippen molar-refractivity contribution in [3.63, 3.8) is 0 Å². The second-order valence-corrected chi connectivity index (χ2v) is 1.95. The van der Waals surface area contributed by atoms with Crippen molar-refractivity contribution in [3.05, 3.63) is 24.0 Å². The molecule has 1 aromatic rings. The number of aromatic hydroxyl groups is 2. The maximum absolute atomic E-state index is 12.2. The molecule has 0 bridgehead atoms. The Kier molecular flexibility index (Phi) is 8.63. The first-order valence-electron chi connectivity index (χ1n) is 3.15. The predicted molar refractivity (Wildman–Crippen MR) is 49.3 cm³/mol. The monoisotopic (exact) mass is 198 g/mol. The molecule has 0 fully saturated rings. The summed E-state index contributed by atoms with van der Waals surface area (Å²) in [5, 5.41) is 38.7. The van der Waals surface area contributed by atoms with Gasteiger partial charge in [-0.3, -0.25) is 0 Å². The molecule has 0 aliphatic heterocycles. The molecule has 0 radical (unpaired) electrons. The summed E-state index contributed by atoms with van der Waals surface area (Å²) >= 11 is 0. The molecule has 0 aliphatic carbocycles. The number of benzene rings is 1. The fourth-order valence-electron chi connectivity index (χ4n) is 0.504. The Hall–Kier alpha value is -0.708. The van der Waals surface area contributed by atoms with Crippen LogP contribution in [-0.2, 0) is 0 Å². The fourth-order valence-corrected chi connectivity index (χ4v) is 0.504. The molecular weight excluding hydrogens is 189 g/mol. The van der Waals surface area contributed by atoms with E-state index in [1.165, 1.54) is 12.1 Å². The molecule has 8 heteroatoms. The summed E-state index contributed by atoms with van der Waals surface area (Å²) in [6, 6.07) is 3.58. The van der Waals surface area contributed by atoms with Gasteiger partial charge in [0.15, 0.2) is 17.3 Å². The van der Waals surface area contributed by atoms with Gasteiger partial charge < -0.3 is 25.3 Å². The topological polar surface area (TPSA) is 101 Å². The van der Waals surface area contributed by atoms with Crippen LogP contribution < -0.4 is 0 Å². The third kappa shape index (κ3) is 6.77. The van der Waals surface area contributed by atoms with Crippen molar-refractivity contribution >= 4 is 26.2 Å². The second-order valence-electron chi connectivity index (χ2n) is 1.95. The number of rotatable bonds is 0. The first-order chi connectivity index (χ1) is 5.95. The number of para-hydroxylation sites is 1. The van der Waals surface area contributed by atoms with Gasteiger partial charge in [-0.25, -0.2) is 4.39 Å². The van der Waals surface area contributed by atoms with Crippen molar-refractivity contribution in [1.82, 2.24) is 0 Å². The van der Waals surface area contributed by atoms with Crippen molar-refractivity contribution in [3.8, 4) is 11.5 Å². The van der Waals surface area contributed by atoms with E-state index in [0.717, 1.165) is 6.07 Å². The average Bonchev–Trinajstić information content (AvgIpc) is 1.99. The van der Waals surface area contributed by atoms with E-state index in [0.29, 0.717) is 0 Å². The molecular formula is C6H9BFLiO5. The first kappa shape index (κ1) is 15.8. The van der Waals surface area contributed by atoms with E-state index in [-0.39, 0.29) is 18.9 Å². The molecule has 0 spiro atoms. The summed E-state index contributed by atoms with van der Waals surface area (Å²) in [4.78, 5) is 0. The van der Waals surface area contributed by atoms with Crippen molar-refractivity contribution in [2.45, 2.75) is 0 Å². The van der Waals surface area contributed by atoms with Crippen LogP contribution in [0.2, 0.25) is 0 Å². The number of hydrogen-bond acceptors (Lipinski definition) is 5. The number of phenolic OH excluding ortho intramolecular Hbond substituents is 2. The Balaban J connectivity index is 0. The van der Waals surface area contributed by atoms with Crippen molar-refractivity contribution in [1.29, 1.82) is 0 Å². The third-order valence-corrected chi connectivity index (χ3v) is 0.965. The summed E-state index contributed by atoms with van der Waals surface area (Å²) in [6.45, 7) is 0. The van der Waals surface area contributed by atoms with Gasteiger partial charge in [0.1, 0.15) is 0 Å². The average molecular weight is 198 g/mol. The molecule has 0 heterocycles. The molecule has 5 N–H and O–H groups in total. The Morgan fingerprint density at radius 2 is 1.50 bits per heavy atom. The van der Waals surface area contributed by atoms with Gasteiger partial charge in [0, 0.05) is 0 Å². The van der Waals surface area contributed by atoms with E-state index < -0.39 is 24.6 Å². The summed E-state index contributed by atoms with van der Waals surface area (Å²) in [5.74, 6) is -1.94. The van der Waals surface area contributed by atoms with Crippen LogP contribution in [0, 0.1) is 5.82 Å². The minimum absolute atomic E-state index is 0. The molecule has 0 amide bonds. The zero-order valence-corrected chi connectivity index (χ0v) is 6.42. The van der Waals surface area contributed by atoms with Gasteiger partial charge in [-0.1, -0.05) is 6.07 Å². The molecule has 5 nitrogen and oxygen atoms in total. The van der Waals surface area contributed by atoms with E-state index >= 15 is 0 Å². The van der Waals surface area contributed by atoms with Gasteiger partial charge in [0.05, 0.1) is 0 Å². The Bertz CT molecular complexity index is 249. The van der Waals surface area contributed by atoms with Crippen LogP contribution in [0.5, 0.6) is 11.5 Å². The number of phenols is 2. The van der Waals surface area contributed by atoms with Gasteiger partial charge >= 0.3 is 26.2 Å². The van der Waals surface area contributed by atoms with Gasteiger partial charge in [-0.05, 0) is 12.1 Å². The maximum atomic E-state index is 12.2. The third-order valence-electron chi connectivity index (χ3n) is 0.965. The Labute approximate surface area is 91.8 Å². The van der Waals surface area contributed by atoms with Gasteiger partial charge in [-0.15, -0.1) is 0 Å². The summed E-state index contributed by atoms with van der Waals surface area (Å²) in [6.07, 6.45) is 0. The van der Waals surface area contributed by atoms with Crippen LogP contribution in [0.15, 0.2) is 18.2 Å². The summed E-state index contributed by atoms with van der Waals surface area (Å²) in [5.41, 5.74) is 0. The molecule has 74 valence electrons. The summed E-state index contributed by atoms with van der Waals surface area (Å²) in [7, 11) is -2.17. The quantitative estimate of drug-likeness (QED) is 0.259. The summed E-state index contributed by atoms with van der Waals surface area (Å²) < 4.78 is 12.2. The van der Waals surface area contributed by atoms with Crippen LogP contribution in [0.25, 0.3) is 0 Å². The number of hydrogen-bond donors (Lipinski definition) is 5. The molecule has 14 heavy (non-hydrogen) atoms. The van der Waals surface area contributed by atoms with Gasteiger partial charge in [0.2, 0.25) is 0 Å². The van der Waals surface area contributed by atoms with E-state index in [9.17, 15) is 4.39 Å². The fraction of sp³-hybridized carbons (Fsp3) is 0. The molecule has 1 rings (SSSR count). The van der Waals surface area contributed by atoms with Crippen molar-refractivity contribution in [2.75, 3.05) is 0 Å². The zero-order chi connectivity index (χ0) is 10.4. The van der Waals surface area contributed by atoms with Crippen molar-refractivity contribution < 1.29 is 29.7 Å². The Morgan fingerprint density at radius 3 is 1.79 bits per heavy atom. The zero-order valence-electron chi connectivity index (χ0n) is 6.42. The van der Waals surface area contributed by atoms with E-state index in [4.69, 9.17) is 25.3 Å². The molecule has 0 aliphatic rings. The molecule has 0 atom stereocenters. The molecule has 1 aromatic carbocycles. The molecule has 0 unspecified atom stereocenters. The van der Waals surface area contributed by atoms with Crippen LogP contribution in [0.1, 0.15) is 0 Å². The Morgan fingerprint density at radius 1 is 1.07 bits per heavy atom. The van der Waals surface area contributed by atoms with Crippen LogP contribution >= 0.6 is 0 Å². The van der Waals surface area contributed by atoms with E-state index in [2.05, 4.69) is 0 Å². The number of halogens is 1. The van der Waals surface area contributed by atoms with Gasteiger partial charge in [-0.2, -0.15) is 0 Å². The SMILES string of the molecule is OB(O)O.Oc1cccc(F)c1O.[LiH]. The normalized spacial score (nSPS) is 8.00. The molecule has 0 aromatic heterocycles. The second kappa shape index (κ2) is 7.67. The molecule has 0 saturated carbocycles. The van der Waals surface area contributed by atoms with Crippen LogP contribution in [0.3, 0.4) is 0 Å². The minimum atomic E-state index is -2.17. The predicted octanol–water partition coefficient (Wildman–Crippen LogP) is -1.46. The molecule has 0 saturated heterocycles. The van der Waals surface area contributed by atoms with E-state index in [1.807, 2.05) is 0 Å². The van der Waals surface area contributed by atoms with Crippen molar-refractivity contribution in [2.24, 2.45) is 0 Å². The van der Waals surface area contributed by atoms with Crippen LogP contribution in [0.4, 0.5) is 4.39 Å². The van der Waals surface area contributed by atoms with Crippen LogP contribution in [-0.4, -0.2) is 51.5 Å². The van der Waals surface area contributed by atoms with E-state index in [1.54, 1.807) is 0 Å². The first-order valence-corrected chi connectivity index (χ1v) is 3.15. The standard InChI is InChI=1S/C6H5FO2.BH3O3.Li.H/c7-4-2-1-3-5(8)6(4)9;2-1(3)4;;/h1-3,8-9H;2-4H;;. The van der Waals surface area contributed by atoms with Gasteiger partial charge in [0.25, 0.3) is 0 Å².